The summed E-state index contributed by atoms with van der Waals surface area (Å²) >= 11 is 0. The highest BCUT2D eigenvalue weighted by atomic mass is 16.9. The largest absolute Gasteiger partial charge is 0.436 e. The van der Waals surface area contributed by atoms with Gasteiger partial charge in [-0.05, 0) is 30.5 Å². The smallest absolute Gasteiger partial charge is 0.366 e. The van der Waals surface area contributed by atoms with Crippen molar-refractivity contribution < 1.29 is 24.1 Å². The molecular formula is C19H16O5. The molecule has 1 spiro atoms. The second-order valence-corrected chi connectivity index (χ2v) is 6.59. The van der Waals surface area contributed by atoms with E-state index >= 15 is 0 Å². The molecule has 0 amide bonds. The van der Waals surface area contributed by atoms with Crippen molar-refractivity contribution in [1.29, 1.82) is 0 Å². The first kappa shape index (κ1) is 14.2. The molecule has 0 aromatic heterocycles. The molecule has 122 valence electrons. The van der Waals surface area contributed by atoms with E-state index in [0.717, 1.165) is 5.56 Å². The molecule has 2 aromatic carbocycles. The number of para-hydroxylation sites is 1. The lowest BCUT2D eigenvalue weighted by Gasteiger charge is -2.48. The second-order valence-electron chi connectivity index (χ2n) is 6.59. The van der Waals surface area contributed by atoms with E-state index in [0.29, 0.717) is 17.7 Å². The molecule has 0 saturated carbocycles. The van der Waals surface area contributed by atoms with Gasteiger partial charge in [0, 0.05) is 0 Å². The van der Waals surface area contributed by atoms with Crippen molar-refractivity contribution in [2.75, 3.05) is 6.61 Å². The number of benzene rings is 2. The van der Waals surface area contributed by atoms with Crippen LogP contribution < -0.4 is 4.74 Å². The van der Waals surface area contributed by atoms with Gasteiger partial charge in [-0.25, -0.2) is 0 Å². The van der Waals surface area contributed by atoms with Gasteiger partial charge in [0.15, 0.2) is 0 Å². The van der Waals surface area contributed by atoms with Crippen LogP contribution in [0.2, 0.25) is 0 Å². The number of fused-ring (bicyclic) bond motifs is 2. The fourth-order valence-corrected chi connectivity index (χ4v) is 3.92. The predicted octanol–water partition coefficient (Wildman–Crippen LogP) is 2.38. The topological polar surface area (TPSA) is 65.0 Å². The molecule has 2 bridgehead atoms. The number of ketones is 1. The normalized spacial score (nSPS) is 36.6. The fourth-order valence-electron chi connectivity index (χ4n) is 3.92. The van der Waals surface area contributed by atoms with Crippen LogP contribution in [0, 0.1) is 0 Å². The van der Waals surface area contributed by atoms with E-state index in [-0.39, 0.29) is 13.0 Å². The van der Waals surface area contributed by atoms with Crippen LogP contribution in [0.15, 0.2) is 54.6 Å². The Morgan fingerprint density at radius 1 is 0.958 bits per heavy atom. The van der Waals surface area contributed by atoms with E-state index in [4.69, 9.17) is 14.2 Å². The third kappa shape index (κ3) is 1.57. The number of hydrogen-bond donors (Lipinski definition) is 1. The number of Topliss-reactive ketones (excluding diaryl/α,β-unsaturated/α-hetero) is 1. The molecule has 5 nitrogen and oxygen atoms in total. The zero-order valence-electron chi connectivity index (χ0n) is 12.9. The molecule has 3 heterocycles. The lowest BCUT2D eigenvalue weighted by Crippen LogP contribution is -2.68. The van der Waals surface area contributed by atoms with Crippen molar-refractivity contribution in [2.45, 2.75) is 30.0 Å². The van der Waals surface area contributed by atoms with Gasteiger partial charge in [-0.15, -0.1) is 0 Å². The monoisotopic (exact) mass is 324 g/mol. The molecule has 2 aromatic rings. The SMILES string of the molecule is O=C1c2ccccc2O[C@@]23OC[C@@](c4ccccc4)(CC[C@@]12O)O3. The number of carbonyl (C=O) groups is 1. The van der Waals surface area contributed by atoms with Crippen LogP contribution >= 0.6 is 0 Å². The fraction of sp³-hybridized carbons (Fsp3) is 0.316. The molecule has 0 unspecified atom stereocenters. The van der Waals surface area contributed by atoms with Crippen LogP contribution in [0.3, 0.4) is 0 Å². The summed E-state index contributed by atoms with van der Waals surface area (Å²) in [4.78, 5) is 12.9. The van der Waals surface area contributed by atoms with Gasteiger partial charge in [0.05, 0.1) is 12.2 Å². The Kier molecular flexibility index (Phi) is 2.62. The predicted molar refractivity (Wildman–Crippen MR) is 83.5 cm³/mol. The van der Waals surface area contributed by atoms with Crippen LogP contribution in [-0.2, 0) is 15.1 Å². The highest BCUT2D eigenvalue weighted by molar-refractivity contribution is 6.06. The summed E-state index contributed by atoms with van der Waals surface area (Å²) in [6.45, 7) is 0.231. The van der Waals surface area contributed by atoms with E-state index < -0.39 is 23.0 Å². The lowest BCUT2D eigenvalue weighted by molar-refractivity contribution is -0.386. The van der Waals surface area contributed by atoms with Crippen LogP contribution in [0.5, 0.6) is 5.75 Å². The van der Waals surface area contributed by atoms with Crippen LogP contribution in [0.4, 0.5) is 0 Å². The zero-order chi connectivity index (χ0) is 16.4. The molecule has 2 fully saturated rings. The molecule has 1 N–H and O–H groups in total. The van der Waals surface area contributed by atoms with Crippen molar-refractivity contribution >= 4 is 5.78 Å². The van der Waals surface area contributed by atoms with Gasteiger partial charge in [0.2, 0.25) is 11.4 Å². The number of hydrogen-bond acceptors (Lipinski definition) is 5. The minimum atomic E-state index is -1.84. The summed E-state index contributed by atoms with van der Waals surface area (Å²) < 4.78 is 17.9. The minimum Gasteiger partial charge on any atom is -0.436 e. The van der Waals surface area contributed by atoms with Crippen molar-refractivity contribution in [1.82, 2.24) is 0 Å². The Morgan fingerprint density at radius 3 is 2.54 bits per heavy atom. The Bertz CT molecular complexity index is 835. The van der Waals surface area contributed by atoms with E-state index in [9.17, 15) is 9.90 Å². The van der Waals surface area contributed by atoms with Gasteiger partial charge in [-0.3, -0.25) is 4.79 Å². The first-order chi connectivity index (χ1) is 11.6. The van der Waals surface area contributed by atoms with E-state index in [2.05, 4.69) is 0 Å². The highest BCUT2D eigenvalue weighted by Crippen LogP contribution is 2.56. The zero-order valence-corrected chi connectivity index (χ0v) is 12.9. The van der Waals surface area contributed by atoms with Crippen LogP contribution in [0.25, 0.3) is 0 Å². The molecule has 2 saturated heterocycles. The number of carbonyl (C=O) groups excluding carboxylic acids is 1. The maximum absolute atomic E-state index is 12.9. The van der Waals surface area contributed by atoms with E-state index in [1.807, 2.05) is 30.3 Å². The molecule has 5 heteroatoms. The van der Waals surface area contributed by atoms with Crippen LogP contribution in [-0.4, -0.2) is 29.1 Å². The second kappa shape index (κ2) is 4.45. The first-order valence-corrected chi connectivity index (χ1v) is 8.04. The highest BCUT2D eigenvalue weighted by Gasteiger charge is 2.73. The Balaban J connectivity index is 1.64. The number of ether oxygens (including phenoxy) is 3. The molecule has 24 heavy (non-hydrogen) atoms. The summed E-state index contributed by atoms with van der Waals surface area (Å²) in [6.07, 6.45) is 0.696. The quantitative estimate of drug-likeness (QED) is 0.872. The summed E-state index contributed by atoms with van der Waals surface area (Å²) in [6, 6.07) is 16.6. The van der Waals surface area contributed by atoms with Gasteiger partial charge in [-0.2, -0.15) is 0 Å². The molecular weight excluding hydrogens is 308 g/mol. The average Bonchev–Trinajstić information content (AvgIpc) is 2.95. The van der Waals surface area contributed by atoms with Gasteiger partial charge in [0.25, 0.3) is 0 Å². The molecule has 0 aliphatic carbocycles. The van der Waals surface area contributed by atoms with Crippen LogP contribution in [0.1, 0.15) is 28.8 Å². The van der Waals surface area contributed by atoms with Gasteiger partial charge in [0.1, 0.15) is 11.4 Å². The number of rotatable bonds is 1. The number of aliphatic hydroxyl groups is 1. The maximum Gasteiger partial charge on any atom is 0.366 e. The van der Waals surface area contributed by atoms with E-state index in [1.165, 1.54) is 0 Å². The van der Waals surface area contributed by atoms with Crippen molar-refractivity contribution in [3.8, 4) is 5.75 Å². The molecule has 5 rings (SSSR count). The summed E-state index contributed by atoms with van der Waals surface area (Å²) in [5.41, 5.74) is -1.23. The Labute approximate surface area is 138 Å². The van der Waals surface area contributed by atoms with Crippen molar-refractivity contribution in [2.24, 2.45) is 0 Å². The third-order valence-corrected chi connectivity index (χ3v) is 5.27. The third-order valence-electron chi connectivity index (χ3n) is 5.27. The standard InChI is InChI=1S/C19H16O5/c20-16-14-8-4-5-9-15(14)23-19-18(16,21)11-10-17(24-19,12-22-19)13-6-2-1-3-7-13/h1-9,21H,10-12H2/t17-,18-,19+/m1/s1. The first-order valence-electron chi connectivity index (χ1n) is 8.04. The summed E-state index contributed by atoms with van der Waals surface area (Å²) in [7, 11) is 0. The summed E-state index contributed by atoms with van der Waals surface area (Å²) in [5.74, 6) is -1.82. The molecule has 3 aliphatic rings. The summed E-state index contributed by atoms with van der Waals surface area (Å²) in [5, 5.41) is 11.1. The van der Waals surface area contributed by atoms with E-state index in [1.54, 1.807) is 24.3 Å². The van der Waals surface area contributed by atoms with Gasteiger partial charge in [-0.1, -0.05) is 42.5 Å². The Morgan fingerprint density at radius 2 is 1.71 bits per heavy atom. The molecule has 3 aliphatic heterocycles. The average molecular weight is 324 g/mol. The van der Waals surface area contributed by atoms with Crippen molar-refractivity contribution in [3.63, 3.8) is 0 Å². The van der Waals surface area contributed by atoms with Gasteiger partial charge >= 0.3 is 5.97 Å². The minimum absolute atomic E-state index is 0.217. The lowest BCUT2D eigenvalue weighted by atomic mass is 9.77. The van der Waals surface area contributed by atoms with Gasteiger partial charge < -0.3 is 19.3 Å². The maximum atomic E-state index is 12.9. The molecule has 0 radical (unpaired) electrons. The molecule has 3 atom stereocenters. The van der Waals surface area contributed by atoms with Crippen molar-refractivity contribution in [3.05, 3.63) is 65.7 Å². The Hall–Kier alpha value is -2.21.